The van der Waals surface area contributed by atoms with Crippen LogP contribution in [0.15, 0.2) is 36.5 Å². The number of aromatic nitrogens is 1. The maximum Gasteiger partial charge on any atom is 0.176 e. The number of hydrogen-bond donors (Lipinski definition) is 3. The lowest BCUT2D eigenvalue weighted by atomic mass is 9.90. The molecule has 0 aliphatic heterocycles. The number of phenols is 1. The molecular weight excluding hydrogens is 438 g/mol. The predicted octanol–water partition coefficient (Wildman–Crippen LogP) is 5.79. The Hall–Kier alpha value is -2.83. The Morgan fingerprint density at radius 2 is 1.91 bits per heavy atom. The number of ether oxygens (including phenoxy) is 1. The molecule has 0 unspecified atom stereocenters. The Morgan fingerprint density at radius 1 is 1.18 bits per heavy atom. The van der Waals surface area contributed by atoms with Gasteiger partial charge in [-0.15, -0.1) is 0 Å². The van der Waals surface area contributed by atoms with Crippen LogP contribution in [-0.2, 0) is 0 Å². The number of nitrogens with one attached hydrogen (secondary N) is 1. The minimum atomic E-state index is -0.145. The molecule has 3 aromatic rings. The van der Waals surface area contributed by atoms with Crippen molar-refractivity contribution in [2.45, 2.75) is 51.6 Å². The van der Waals surface area contributed by atoms with Crippen LogP contribution in [0.4, 0.5) is 5.69 Å². The van der Waals surface area contributed by atoms with Crippen molar-refractivity contribution in [1.82, 2.24) is 4.98 Å². The van der Waals surface area contributed by atoms with E-state index in [9.17, 15) is 9.90 Å². The van der Waals surface area contributed by atoms with Crippen molar-refractivity contribution >= 4 is 34.0 Å². The van der Waals surface area contributed by atoms with E-state index in [4.69, 9.17) is 22.1 Å². The van der Waals surface area contributed by atoms with Crippen LogP contribution in [0.3, 0.4) is 0 Å². The SMILES string of the molecule is COc1cc(-c2ccc3ncc(C(=O)C(C)C)c(NC4CCC(N)CC4)c3c2)cc(Cl)c1O. The van der Waals surface area contributed by atoms with Crippen LogP contribution in [0.2, 0.25) is 5.02 Å². The van der Waals surface area contributed by atoms with Gasteiger partial charge in [0, 0.05) is 29.6 Å². The number of benzene rings is 2. The zero-order chi connectivity index (χ0) is 23.7. The molecule has 4 N–H and O–H groups in total. The summed E-state index contributed by atoms with van der Waals surface area (Å²) in [6.45, 7) is 3.80. The van der Waals surface area contributed by atoms with E-state index in [1.807, 2.05) is 32.0 Å². The molecule has 1 aromatic heterocycles. The maximum absolute atomic E-state index is 13.1. The lowest BCUT2D eigenvalue weighted by molar-refractivity contribution is 0.0940. The van der Waals surface area contributed by atoms with Crippen LogP contribution < -0.4 is 15.8 Å². The summed E-state index contributed by atoms with van der Waals surface area (Å²) < 4.78 is 5.27. The van der Waals surface area contributed by atoms with Crippen LogP contribution in [-0.4, -0.2) is 35.1 Å². The number of nitrogens with zero attached hydrogens (tertiary/aromatic N) is 1. The van der Waals surface area contributed by atoms with E-state index >= 15 is 0 Å². The molecule has 6 nitrogen and oxygen atoms in total. The summed E-state index contributed by atoms with van der Waals surface area (Å²) in [6.07, 6.45) is 5.54. The Balaban J connectivity index is 1.85. The average molecular weight is 468 g/mol. The smallest absolute Gasteiger partial charge is 0.176 e. The fourth-order valence-electron chi connectivity index (χ4n) is 4.39. The van der Waals surface area contributed by atoms with Crippen LogP contribution in [0.1, 0.15) is 49.9 Å². The molecule has 1 aliphatic carbocycles. The van der Waals surface area contributed by atoms with Gasteiger partial charge in [0.15, 0.2) is 17.3 Å². The number of rotatable bonds is 6. The van der Waals surface area contributed by atoms with Gasteiger partial charge in [0.1, 0.15) is 0 Å². The highest BCUT2D eigenvalue weighted by Crippen LogP contribution is 2.40. The van der Waals surface area contributed by atoms with Crippen molar-refractivity contribution in [2.75, 3.05) is 12.4 Å². The summed E-state index contributed by atoms with van der Waals surface area (Å²) in [5.41, 5.74) is 10.00. The fraction of sp³-hybridized carbons (Fsp3) is 0.385. The first-order valence-electron chi connectivity index (χ1n) is 11.3. The molecule has 33 heavy (non-hydrogen) atoms. The summed E-state index contributed by atoms with van der Waals surface area (Å²) in [4.78, 5) is 17.6. The molecule has 1 aliphatic rings. The summed E-state index contributed by atoms with van der Waals surface area (Å²) in [5, 5.41) is 14.9. The second kappa shape index (κ2) is 9.57. The van der Waals surface area contributed by atoms with Crippen molar-refractivity contribution in [3.8, 4) is 22.6 Å². The van der Waals surface area contributed by atoms with E-state index in [1.165, 1.54) is 7.11 Å². The van der Waals surface area contributed by atoms with Gasteiger partial charge < -0.3 is 20.9 Å². The zero-order valence-electron chi connectivity index (χ0n) is 19.2. The third-order valence-corrected chi connectivity index (χ3v) is 6.65. The van der Waals surface area contributed by atoms with Gasteiger partial charge in [0.05, 0.1) is 28.9 Å². The Morgan fingerprint density at radius 3 is 2.58 bits per heavy atom. The van der Waals surface area contributed by atoms with E-state index < -0.39 is 0 Å². The fourth-order valence-corrected chi connectivity index (χ4v) is 4.60. The number of pyridine rings is 1. The van der Waals surface area contributed by atoms with E-state index in [0.717, 1.165) is 53.4 Å². The van der Waals surface area contributed by atoms with Crippen molar-refractivity contribution in [1.29, 1.82) is 0 Å². The number of aromatic hydroxyl groups is 1. The number of phenolic OH excluding ortho intramolecular Hbond substituents is 1. The lowest BCUT2D eigenvalue weighted by Crippen LogP contribution is -2.33. The van der Waals surface area contributed by atoms with Gasteiger partial charge in [-0.3, -0.25) is 9.78 Å². The number of Topliss-reactive ketones (excluding diaryl/α,β-unsaturated/α-hetero) is 1. The molecule has 0 radical (unpaired) electrons. The number of methoxy groups -OCH3 is 1. The van der Waals surface area contributed by atoms with Crippen molar-refractivity contribution in [2.24, 2.45) is 11.7 Å². The highest BCUT2D eigenvalue weighted by Gasteiger charge is 2.24. The van der Waals surface area contributed by atoms with Gasteiger partial charge in [0.25, 0.3) is 0 Å². The number of halogens is 1. The summed E-state index contributed by atoms with van der Waals surface area (Å²) in [7, 11) is 1.49. The highest BCUT2D eigenvalue weighted by molar-refractivity contribution is 6.32. The Bertz CT molecular complexity index is 1190. The number of fused-ring (bicyclic) bond motifs is 1. The van der Waals surface area contributed by atoms with Gasteiger partial charge in [-0.25, -0.2) is 0 Å². The first kappa shape index (κ1) is 23.3. The van der Waals surface area contributed by atoms with Gasteiger partial charge in [-0.1, -0.05) is 31.5 Å². The third-order valence-electron chi connectivity index (χ3n) is 6.36. The zero-order valence-corrected chi connectivity index (χ0v) is 19.9. The number of nitrogens with two attached hydrogens (primary N) is 1. The lowest BCUT2D eigenvalue weighted by Gasteiger charge is -2.29. The summed E-state index contributed by atoms with van der Waals surface area (Å²) >= 11 is 6.23. The highest BCUT2D eigenvalue weighted by atomic mass is 35.5. The topological polar surface area (TPSA) is 97.5 Å². The number of hydrogen-bond acceptors (Lipinski definition) is 6. The molecule has 7 heteroatoms. The van der Waals surface area contributed by atoms with Gasteiger partial charge in [-0.05, 0) is 61.1 Å². The third kappa shape index (κ3) is 4.77. The first-order valence-corrected chi connectivity index (χ1v) is 11.7. The average Bonchev–Trinajstić information content (AvgIpc) is 2.81. The second-order valence-corrected chi connectivity index (χ2v) is 9.47. The number of carbonyl (C=O) groups excluding carboxylic acids is 1. The Labute approximate surface area is 199 Å². The molecule has 1 fully saturated rings. The van der Waals surface area contributed by atoms with Gasteiger partial charge >= 0.3 is 0 Å². The van der Waals surface area contributed by atoms with E-state index in [2.05, 4.69) is 10.3 Å². The van der Waals surface area contributed by atoms with E-state index in [-0.39, 0.29) is 34.6 Å². The van der Waals surface area contributed by atoms with Crippen LogP contribution in [0.5, 0.6) is 11.5 Å². The van der Waals surface area contributed by atoms with Crippen LogP contribution >= 0.6 is 11.6 Å². The van der Waals surface area contributed by atoms with Crippen molar-refractivity contribution in [3.63, 3.8) is 0 Å². The molecule has 0 saturated heterocycles. The monoisotopic (exact) mass is 467 g/mol. The number of ketones is 1. The van der Waals surface area contributed by atoms with E-state index in [0.29, 0.717) is 11.3 Å². The van der Waals surface area contributed by atoms with Gasteiger partial charge in [0.2, 0.25) is 0 Å². The van der Waals surface area contributed by atoms with E-state index in [1.54, 1.807) is 18.3 Å². The molecule has 0 spiro atoms. The quantitative estimate of drug-likeness (QED) is 0.397. The normalized spacial score (nSPS) is 18.5. The predicted molar refractivity (Wildman–Crippen MR) is 133 cm³/mol. The van der Waals surface area contributed by atoms with Crippen molar-refractivity contribution < 1.29 is 14.6 Å². The molecule has 1 heterocycles. The molecule has 0 atom stereocenters. The maximum atomic E-state index is 13.1. The minimum absolute atomic E-state index is 0.0548. The first-order chi connectivity index (χ1) is 15.8. The molecule has 1 saturated carbocycles. The standard InChI is InChI=1S/C26H30ClN3O3/c1-14(2)25(31)20-13-29-22-9-4-15(16-11-21(27)26(32)23(12-16)33-3)10-19(22)24(20)30-18-7-5-17(28)6-8-18/h4,9-14,17-18,32H,5-8,28H2,1-3H3,(H,29,30). The molecule has 174 valence electrons. The minimum Gasteiger partial charge on any atom is -0.503 e. The summed E-state index contributed by atoms with van der Waals surface area (Å²) in [5.74, 6) is 0.122. The molecular formula is C26H30ClN3O3. The number of anilines is 1. The molecule has 2 aromatic carbocycles. The summed E-state index contributed by atoms with van der Waals surface area (Å²) in [6, 6.07) is 9.84. The molecule has 0 amide bonds. The Kier molecular flexibility index (Phi) is 6.77. The second-order valence-electron chi connectivity index (χ2n) is 9.06. The molecule has 4 rings (SSSR count). The number of carbonyl (C=O) groups is 1. The largest absolute Gasteiger partial charge is 0.503 e. The molecule has 0 bridgehead atoms. The van der Waals surface area contributed by atoms with Crippen LogP contribution in [0, 0.1) is 5.92 Å². The van der Waals surface area contributed by atoms with Gasteiger partial charge in [-0.2, -0.15) is 0 Å². The van der Waals surface area contributed by atoms with Crippen LogP contribution in [0.25, 0.3) is 22.0 Å². The van der Waals surface area contributed by atoms with Crippen molar-refractivity contribution in [3.05, 3.63) is 47.1 Å².